The Labute approximate surface area is 148 Å². The first-order valence-corrected chi connectivity index (χ1v) is 8.05. The van der Waals surface area contributed by atoms with E-state index in [0.29, 0.717) is 12.1 Å². The maximum Gasteiger partial charge on any atom is 0.280 e. The highest BCUT2D eigenvalue weighted by Crippen LogP contribution is 2.24. The zero-order valence-corrected chi connectivity index (χ0v) is 15.3. The summed E-state index contributed by atoms with van der Waals surface area (Å²) in [6.45, 7) is 6.34. The van der Waals surface area contributed by atoms with Gasteiger partial charge in [0.2, 0.25) is 0 Å². The van der Waals surface area contributed by atoms with Crippen molar-refractivity contribution in [1.29, 1.82) is 0 Å². The quantitative estimate of drug-likeness (QED) is 0.543. The second-order valence-electron chi connectivity index (χ2n) is 5.32. The van der Waals surface area contributed by atoms with Gasteiger partial charge >= 0.3 is 0 Å². The molecule has 0 aliphatic heterocycles. The highest BCUT2D eigenvalue weighted by Gasteiger charge is 2.10. The average Bonchev–Trinajstić information content (AvgIpc) is 2.49. The molecule has 5 N–H and O–H groups in total. The zero-order valence-electron chi connectivity index (χ0n) is 13.7. The van der Waals surface area contributed by atoms with Crippen molar-refractivity contribution in [2.45, 2.75) is 27.3 Å². The molecule has 0 saturated carbocycles. The normalized spacial score (nSPS) is 10.3. The van der Waals surface area contributed by atoms with Crippen LogP contribution in [0.1, 0.15) is 33.1 Å². The summed E-state index contributed by atoms with van der Waals surface area (Å²) < 4.78 is 0.730. The van der Waals surface area contributed by atoms with Crippen LogP contribution in [0.25, 0.3) is 0 Å². The minimum Gasteiger partial charge on any atom is -0.378 e. The number of benzene rings is 1. The van der Waals surface area contributed by atoms with Crippen LogP contribution in [0.15, 0.2) is 27.7 Å². The molecule has 0 saturated heterocycles. The Bertz CT molecular complexity index is 814. The minimum atomic E-state index is -0.488. The Morgan fingerprint density at radius 1 is 1.17 bits per heavy atom. The summed E-state index contributed by atoms with van der Waals surface area (Å²) in [6.07, 6.45) is 0. The number of halogens is 1. The van der Waals surface area contributed by atoms with Gasteiger partial charge in [-0.1, -0.05) is 0 Å². The van der Waals surface area contributed by atoms with Crippen LogP contribution in [0.4, 0.5) is 5.69 Å². The summed E-state index contributed by atoms with van der Waals surface area (Å²) in [5.74, 6) is -0.750. The van der Waals surface area contributed by atoms with E-state index in [2.05, 4.69) is 36.2 Å². The Balaban J connectivity index is 2.16. The number of nitrogens with two attached hydrogens (primary N) is 2. The second-order valence-corrected chi connectivity index (χ2v) is 6.17. The Morgan fingerprint density at radius 2 is 1.83 bits per heavy atom. The number of aryl methyl sites for hydroxylation is 3. The summed E-state index contributed by atoms with van der Waals surface area (Å²) in [5, 5.41) is 3.28. The van der Waals surface area contributed by atoms with E-state index in [4.69, 9.17) is 11.5 Å². The SMILES string of the molecule is Cc1nc(C)c(CNc2ccc(C(=O)N=C(N)N)cc2Br)nc1C. The summed E-state index contributed by atoms with van der Waals surface area (Å²) in [5.41, 5.74) is 15.3. The second kappa shape index (κ2) is 7.39. The molecule has 1 amide bonds. The average molecular weight is 391 g/mol. The van der Waals surface area contributed by atoms with Crippen LogP contribution in [0, 0.1) is 20.8 Å². The Kier molecular flexibility index (Phi) is 5.50. The minimum absolute atomic E-state index is 0.262. The van der Waals surface area contributed by atoms with Gasteiger partial charge in [-0.2, -0.15) is 4.99 Å². The fraction of sp³-hybridized carbons (Fsp3) is 0.250. The molecule has 0 aliphatic carbocycles. The highest BCUT2D eigenvalue weighted by molar-refractivity contribution is 9.10. The number of hydrogen-bond donors (Lipinski definition) is 3. The molecule has 2 rings (SSSR count). The van der Waals surface area contributed by atoms with E-state index >= 15 is 0 Å². The number of aromatic nitrogens is 2. The van der Waals surface area contributed by atoms with Gasteiger partial charge < -0.3 is 16.8 Å². The van der Waals surface area contributed by atoms with Gasteiger partial charge in [0.1, 0.15) is 0 Å². The van der Waals surface area contributed by atoms with Crippen LogP contribution in [-0.2, 0) is 6.54 Å². The van der Waals surface area contributed by atoms with Crippen LogP contribution in [0.3, 0.4) is 0 Å². The molecule has 0 radical (unpaired) electrons. The van der Waals surface area contributed by atoms with Crippen molar-refractivity contribution in [3.05, 3.63) is 51.0 Å². The fourth-order valence-corrected chi connectivity index (χ4v) is 2.60. The van der Waals surface area contributed by atoms with E-state index in [1.165, 1.54) is 0 Å². The van der Waals surface area contributed by atoms with Gasteiger partial charge in [0.25, 0.3) is 5.91 Å². The van der Waals surface area contributed by atoms with Crippen molar-refractivity contribution in [1.82, 2.24) is 9.97 Å². The maximum absolute atomic E-state index is 11.8. The molecular weight excluding hydrogens is 372 g/mol. The molecule has 0 unspecified atom stereocenters. The lowest BCUT2D eigenvalue weighted by Crippen LogP contribution is -2.24. The van der Waals surface area contributed by atoms with E-state index in [0.717, 1.165) is 32.9 Å². The van der Waals surface area contributed by atoms with Crippen LogP contribution < -0.4 is 16.8 Å². The third kappa shape index (κ3) is 4.29. The highest BCUT2D eigenvalue weighted by atomic mass is 79.9. The third-order valence-corrected chi connectivity index (χ3v) is 4.13. The van der Waals surface area contributed by atoms with E-state index < -0.39 is 5.91 Å². The first-order chi connectivity index (χ1) is 11.3. The molecule has 0 spiro atoms. The smallest absolute Gasteiger partial charge is 0.280 e. The molecule has 8 heteroatoms. The summed E-state index contributed by atoms with van der Waals surface area (Å²) in [4.78, 5) is 24.4. The van der Waals surface area contributed by atoms with Gasteiger partial charge in [0, 0.05) is 15.7 Å². The molecule has 1 aromatic carbocycles. The largest absolute Gasteiger partial charge is 0.378 e. The lowest BCUT2D eigenvalue weighted by Gasteiger charge is -2.12. The van der Waals surface area contributed by atoms with Gasteiger partial charge in [-0.25, -0.2) is 0 Å². The van der Waals surface area contributed by atoms with Crippen molar-refractivity contribution in [3.63, 3.8) is 0 Å². The number of aliphatic imine (C=N–C) groups is 1. The fourth-order valence-electron chi connectivity index (χ4n) is 2.08. The topological polar surface area (TPSA) is 119 Å². The first-order valence-electron chi connectivity index (χ1n) is 7.26. The standard InChI is InChI=1S/C16H19BrN6O/c1-8-9(2)22-14(10(3)21-8)7-20-13-5-4-11(6-12(13)17)15(24)23-16(18)19/h4-6,20H,7H2,1-3H3,(H4,18,19,23,24). The lowest BCUT2D eigenvalue weighted by molar-refractivity contribution is 0.100. The molecule has 0 bridgehead atoms. The van der Waals surface area contributed by atoms with E-state index in [1.54, 1.807) is 18.2 Å². The molecule has 126 valence electrons. The number of nitrogens with one attached hydrogen (secondary N) is 1. The number of amides is 1. The zero-order chi connectivity index (χ0) is 17.9. The number of nitrogens with zero attached hydrogens (tertiary/aromatic N) is 3. The van der Waals surface area contributed by atoms with Crippen LogP contribution in [0.2, 0.25) is 0 Å². The van der Waals surface area contributed by atoms with Crippen molar-refractivity contribution in [2.75, 3.05) is 5.32 Å². The van der Waals surface area contributed by atoms with Crippen molar-refractivity contribution in [3.8, 4) is 0 Å². The summed E-state index contributed by atoms with van der Waals surface area (Å²) in [7, 11) is 0. The summed E-state index contributed by atoms with van der Waals surface area (Å²) >= 11 is 3.44. The van der Waals surface area contributed by atoms with Crippen LogP contribution >= 0.6 is 15.9 Å². The Hall–Kier alpha value is -2.48. The molecule has 0 fully saturated rings. The number of guanidine groups is 1. The molecule has 7 nitrogen and oxygen atoms in total. The van der Waals surface area contributed by atoms with Gasteiger partial charge in [0.15, 0.2) is 5.96 Å². The van der Waals surface area contributed by atoms with E-state index in [9.17, 15) is 4.79 Å². The molecule has 0 atom stereocenters. The molecule has 2 aromatic rings. The predicted molar refractivity (Wildman–Crippen MR) is 97.9 cm³/mol. The Morgan fingerprint density at radius 3 is 2.46 bits per heavy atom. The lowest BCUT2D eigenvalue weighted by atomic mass is 10.2. The third-order valence-electron chi connectivity index (χ3n) is 3.47. The van der Waals surface area contributed by atoms with Gasteiger partial charge in [-0.3, -0.25) is 14.8 Å². The predicted octanol–water partition coefficient (Wildman–Crippen LogP) is 2.19. The van der Waals surface area contributed by atoms with Gasteiger partial charge in [-0.05, 0) is 54.9 Å². The van der Waals surface area contributed by atoms with E-state index in [-0.39, 0.29) is 5.96 Å². The summed E-state index contributed by atoms with van der Waals surface area (Å²) in [6, 6.07) is 5.10. The van der Waals surface area contributed by atoms with Crippen molar-refractivity contribution >= 4 is 33.5 Å². The van der Waals surface area contributed by atoms with Crippen molar-refractivity contribution in [2.24, 2.45) is 16.5 Å². The van der Waals surface area contributed by atoms with Gasteiger partial charge in [0.05, 0.1) is 29.3 Å². The maximum atomic E-state index is 11.8. The number of carbonyl (C=O) groups is 1. The number of hydrogen-bond acceptors (Lipinski definition) is 4. The molecule has 0 aliphatic rings. The van der Waals surface area contributed by atoms with Crippen LogP contribution in [0.5, 0.6) is 0 Å². The number of carbonyl (C=O) groups excluding carboxylic acids is 1. The number of anilines is 1. The van der Waals surface area contributed by atoms with Gasteiger partial charge in [-0.15, -0.1) is 0 Å². The molecule has 24 heavy (non-hydrogen) atoms. The molecule has 1 heterocycles. The molecular formula is C16H19BrN6O. The monoisotopic (exact) mass is 390 g/mol. The number of rotatable bonds is 4. The first kappa shape index (κ1) is 17.9. The van der Waals surface area contributed by atoms with Crippen molar-refractivity contribution < 1.29 is 4.79 Å². The van der Waals surface area contributed by atoms with E-state index in [1.807, 2.05) is 20.8 Å². The molecule has 1 aromatic heterocycles. The van der Waals surface area contributed by atoms with Crippen LogP contribution in [-0.4, -0.2) is 21.8 Å².